The maximum Gasteiger partial charge on any atom is 0.326 e. The SMILES string of the molecule is CC(N)C(=O)NC(CO)C(=O)NC(CC(=O)O)C(=O)NC(CCC(N)=O)C(=O)O. The summed E-state index contributed by atoms with van der Waals surface area (Å²) in [4.78, 5) is 69.0. The molecule has 0 aromatic heterocycles. The number of nitrogens with two attached hydrogens (primary N) is 2. The molecule has 29 heavy (non-hydrogen) atoms. The van der Waals surface area contributed by atoms with Crippen LogP contribution in [0.4, 0.5) is 0 Å². The number of carboxylic acid groups (broad SMARTS) is 2. The lowest BCUT2D eigenvalue weighted by atomic mass is 10.1. The summed E-state index contributed by atoms with van der Waals surface area (Å²) < 4.78 is 0. The normalized spacial score (nSPS) is 14.6. The lowest BCUT2D eigenvalue weighted by Gasteiger charge is -2.23. The minimum atomic E-state index is -1.73. The van der Waals surface area contributed by atoms with Crippen molar-refractivity contribution in [3.8, 4) is 0 Å². The second-order valence-electron chi connectivity index (χ2n) is 6.10. The van der Waals surface area contributed by atoms with Crippen LogP contribution in [-0.2, 0) is 28.8 Å². The molecule has 10 N–H and O–H groups in total. The zero-order chi connectivity index (χ0) is 22.7. The maximum atomic E-state index is 12.3. The number of amides is 4. The minimum absolute atomic E-state index is 0.353. The first-order chi connectivity index (χ1) is 13.4. The Hall–Kier alpha value is -3.26. The summed E-state index contributed by atoms with van der Waals surface area (Å²) >= 11 is 0. The van der Waals surface area contributed by atoms with Gasteiger partial charge in [-0.3, -0.25) is 24.0 Å². The molecule has 0 aliphatic carbocycles. The largest absolute Gasteiger partial charge is 0.481 e. The molecule has 0 aromatic carbocycles. The zero-order valence-electron chi connectivity index (χ0n) is 15.6. The van der Waals surface area contributed by atoms with E-state index in [-0.39, 0.29) is 12.8 Å². The van der Waals surface area contributed by atoms with Gasteiger partial charge >= 0.3 is 11.9 Å². The Morgan fingerprint density at radius 1 is 0.862 bits per heavy atom. The molecule has 14 heteroatoms. The van der Waals surface area contributed by atoms with Crippen molar-refractivity contribution in [1.82, 2.24) is 16.0 Å². The van der Waals surface area contributed by atoms with E-state index in [0.717, 1.165) is 0 Å². The van der Waals surface area contributed by atoms with Crippen LogP contribution < -0.4 is 27.4 Å². The first-order valence-corrected chi connectivity index (χ1v) is 8.39. The minimum Gasteiger partial charge on any atom is -0.481 e. The molecule has 4 atom stereocenters. The number of hydrogen-bond donors (Lipinski definition) is 8. The average Bonchev–Trinajstić information content (AvgIpc) is 2.60. The number of carbonyl (C=O) groups is 6. The Morgan fingerprint density at radius 3 is 1.76 bits per heavy atom. The van der Waals surface area contributed by atoms with E-state index < -0.39 is 72.8 Å². The van der Waals surface area contributed by atoms with Gasteiger partial charge in [0.05, 0.1) is 19.1 Å². The number of nitrogens with one attached hydrogen (secondary N) is 3. The molecule has 4 amide bonds. The van der Waals surface area contributed by atoms with Gasteiger partial charge in [0.25, 0.3) is 0 Å². The Bertz CT molecular complexity index is 652. The van der Waals surface area contributed by atoms with E-state index in [9.17, 15) is 33.9 Å². The maximum absolute atomic E-state index is 12.3. The Balaban J connectivity index is 5.25. The van der Waals surface area contributed by atoms with E-state index in [1.165, 1.54) is 6.92 Å². The van der Waals surface area contributed by atoms with E-state index in [4.69, 9.17) is 21.7 Å². The van der Waals surface area contributed by atoms with Gasteiger partial charge in [-0.25, -0.2) is 4.79 Å². The van der Waals surface area contributed by atoms with Crippen LogP contribution in [0.1, 0.15) is 26.2 Å². The highest BCUT2D eigenvalue weighted by molar-refractivity contribution is 5.95. The molecule has 14 nitrogen and oxygen atoms in total. The second-order valence-corrected chi connectivity index (χ2v) is 6.10. The Morgan fingerprint density at radius 2 is 1.34 bits per heavy atom. The summed E-state index contributed by atoms with van der Waals surface area (Å²) in [5.74, 6) is -6.83. The molecule has 0 saturated heterocycles. The van der Waals surface area contributed by atoms with E-state index in [2.05, 4.69) is 5.32 Å². The molecule has 0 rings (SSSR count). The number of rotatable bonds is 13. The smallest absolute Gasteiger partial charge is 0.326 e. The fourth-order valence-electron chi connectivity index (χ4n) is 1.97. The van der Waals surface area contributed by atoms with Gasteiger partial charge in [0, 0.05) is 6.42 Å². The molecule has 0 saturated carbocycles. The molecule has 0 aliphatic heterocycles. The molecule has 0 spiro atoms. The first kappa shape index (κ1) is 25.7. The summed E-state index contributed by atoms with van der Waals surface area (Å²) in [6.07, 6.45) is -1.63. The average molecular weight is 419 g/mol. The fourth-order valence-corrected chi connectivity index (χ4v) is 1.97. The standard InChI is InChI=1S/C15H25N5O9/c1-6(16)12(25)20-9(5-21)14(27)19-8(4-11(23)24)13(26)18-7(15(28)29)2-3-10(17)22/h6-9,21H,2-5,16H2,1H3,(H2,17,22)(H,18,26)(H,19,27)(H,20,25)(H,23,24)(H,28,29). The molecular formula is C15H25N5O9. The lowest BCUT2D eigenvalue weighted by Crippen LogP contribution is -2.58. The molecule has 0 heterocycles. The third kappa shape index (κ3) is 10.0. The third-order valence-electron chi connectivity index (χ3n) is 3.53. The van der Waals surface area contributed by atoms with Gasteiger partial charge in [-0.15, -0.1) is 0 Å². The highest BCUT2D eigenvalue weighted by atomic mass is 16.4. The highest BCUT2D eigenvalue weighted by Crippen LogP contribution is 2.01. The summed E-state index contributed by atoms with van der Waals surface area (Å²) in [6.45, 7) is 0.447. The molecule has 0 aromatic rings. The van der Waals surface area contributed by atoms with Crippen LogP contribution in [0.5, 0.6) is 0 Å². The van der Waals surface area contributed by atoms with Crippen molar-refractivity contribution < 1.29 is 44.1 Å². The number of primary amides is 1. The van der Waals surface area contributed by atoms with Crippen LogP contribution in [0, 0.1) is 0 Å². The van der Waals surface area contributed by atoms with Crippen molar-refractivity contribution in [3.05, 3.63) is 0 Å². The predicted octanol–water partition coefficient (Wildman–Crippen LogP) is -4.39. The van der Waals surface area contributed by atoms with Gasteiger partial charge in [0.1, 0.15) is 18.1 Å². The zero-order valence-corrected chi connectivity index (χ0v) is 15.6. The van der Waals surface area contributed by atoms with Gasteiger partial charge in [0.15, 0.2) is 0 Å². The fraction of sp³-hybridized carbons (Fsp3) is 0.600. The monoisotopic (exact) mass is 419 g/mol. The first-order valence-electron chi connectivity index (χ1n) is 8.39. The number of carbonyl (C=O) groups excluding carboxylic acids is 4. The summed E-state index contributed by atoms with van der Waals surface area (Å²) in [5.41, 5.74) is 10.3. The summed E-state index contributed by atoms with van der Waals surface area (Å²) in [7, 11) is 0. The van der Waals surface area contributed by atoms with Crippen molar-refractivity contribution in [2.24, 2.45) is 11.5 Å². The van der Waals surface area contributed by atoms with E-state index in [1.807, 2.05) is 10.6 Å². The van der Waals surface area contributed by atoms with Crippen LogP contribution in [-0.4, -0.2) is 81.7 Å². The van der Waals surface area contributed by atoms with Crippen molar-refractivity contribution in [2.75, 3.05) is 6.61 Å². The number of aliphatic carboxylic acids is 2. The summed E-state index contributed by atoms with van der Waals surface area (Å²) in [5, 5.41) is 33.4. The Labute approximate surface area is 165 Å². The third-order valence-corrected chi connectivity index (χ3v) is 3.53. The topological polar surface area (TPSA) is 251 Å². The number of aliphatic hydroxyl groups excluding tert-OH is 1. The van der Waals surface area contributed by atoms with Crippen LogP contribution in [0.25, 0.3) is 0 Å². The van der Waals surface area contributed by atoms with Crippen molar-refractivity contribution >= 4 is 35.6 Å². The molecule has 0 bridgehead atoms. The molecule has 0 radical (unpaired) electrons. The molecular weight excluding hydrogens is 394 g/mol. The molecule has 0 aliphatic rings. The van der Waals surface area contributed by atoms with Crippen molar-refractivity contribution in [3.63, 3.8) is 0 Å². The van der Waals surface area contributed by atoms with Gasteiger partial charge in [-0.1, -0.05) is 0 Å². The second kappa shape index (κ2) is 12.2. The molecule has 164 valence electrons. The van der Waals surface area contributed by atoms with E-state index in [0.29, 0.717) is 0 Å². The molecule has 4 unspecified atom stereocenters. The lowest BCUT2D eigenvalue weighted by molar-refractivity contribution is -0.144. The van der Waals surface area contributed by atoms with Crippen LogP contribution in [0.3, 0.4) is 0 Å². The van der Waals surface area contributed by atoms with E-state index >= 15 is 0 Å². The van der Waals surface area contributed by atoms with Crippen LogP contribution in [0.2, 0.25) is 0 Å². The number of carboxylic acids is 2. The number of aliphatic hydroxyl groups is 1. The van der Waals surface area contributed by atoms with Gasteiger partial charge in [0.2, 0.25) is 23.6 Å². The summed E-state index contributed by atoms with van der Waals surface area (Å²) in [6, 6.07) is -5.81. The van der Waals surface area contributed by atoms with Crippen LogP contribution in [0.15, 0.2) is 0 Å². The Kier molecular flexibility index (Phi) is 10.9. The van der Waals surface area contributed by atoms with Gasteiger partial charge in [-0.05, 0) is 13.3 Å². The van der Waals surface area contributed by atoms with Gasteiger partial charge < -0.3 is 42.7 Å². The predicted molar refractivity (Wildman–Crippen MR) is 94.8 cm³/mol. The van der Waals surface area contributed by atoms with E-state index in [1.54, 1.807) is 0 Å². The van der Waals surface area contributed by atoms with Gasteiger partial charge in [-0.2, -0.15) is 0 Å². The molecule has 0 fully saturated rings. The van der Waals surface area contributed by atoms with Crippen LogP contribution >= 0.6 is 0 Å². The van der Waals surface area contributed by atoms with Crippen molar-refractivity contribution in [1.29, 1.82) is 0 Å². The quantitative estimate of drug-likeness (QED) is 0.142. The highest BCUT2D eigenvalue weighted by Gasteiger charge is 2.31. The number of hydrogen-bond acceptors (Lipinski definition) is 8. The van der Waals surface area contributed by atoms with Crippen molar-refractivity contribution in [2.45, 2.75) is 50.4 Å².